The number of nitrogens with zero attached hydrogens (tertiary/aromatic N) is 1. The lowest BCUT2D eigenvalue weighted by molar-refractivity contribution is 0.527. The lowest BCUT2D eigenvalue weighted by atomic mass is 10.2. The molecule has 1 fully saturated rings. The maximum Gasteiger partial charge on any atom is 0.301 e. The Morgan fingerprint density at radius 2 is 1.83 bits per heavy atom. The Bertz CT molecular complexity index is 493. The van der Waals surface area contributed by atoms with E-state index in [1.807, 2.05) is 12.1 Å². The molecule has 0 unspecified atom stereocenters. The van der Waals surface area contributed by atoms with Gasteiger partial charge in [-0.15, -0.1) is 0 Å². The van der Waals surface area contributed by atoms with Gasteiger partial charge in [0.1, 0.15) is 0 Å². The van der Waals surface area contributed by atoms with Crippen molar-refractivity contribution in [2.75, 3.05) is 18.8 Å². The van der Waals surface area contributed by atoms with E-state index in [0.29, 0.717) is 11.7 Å². The highest BCUT2D eigenvalue weighted by atomic mass is 32.2. The predicted molar refractivity (Wildman–Crippen MR) is 72.5 cm³/mol. The zero-order valence-corrected chi connectivity index (χ0v) is 11.5. The number of hydrogen-bond acceptors (Lipinski definition) is 3. The monoisotopic (exact) mass is 269 g/mol. The van der Waals surface area contributed by atoms with E-state index in [4.69, 9.17) is 0 Å². The number of anilines is 1. The van der Waals surface area contributed by atoms with Gasteiger partial charge >= 0.3 is 10.2 Å². The molecule has 0 aromatic heterocycles. The molecule has 0 amide bonds. The first kappa shape index (κ1) is 13.3. The van der Waals surface area contributed by atoms with Crippen molar-refractivity contribution >= 4 is 15.9 Å². The molecule has 1 aliphatic rings. The van der Waals surface area contributed by atoms with E-state index in [9.17, 15) is 8.42 Å². The summed E-state index contributed by atoms with van der Waals surface area (Å²) in [6.07, 6.45) is 2.53. The minimum atomic E-state index is -3.41. The van der Waals surface area contributed by atoms with E-state index >= 15 is 0 Å². The zero-order valence-electron chi connectivity index (χ0n) is 10.7. The SMILES string of the molecule is CN(C)S(=O)(=O)Nc1ccc(CNC2CC2)cc1. The molecule has 1 aromatic carbocycles. The van der Waals surface area contributed by atoms with Crippen molar-refractivity contribution in [1.29, 1.82) is 0 Å². The summed E-state index contributed by atoms with van der Waals surface area (Å²) < 4.78 is 26.9. The first-order chi connectivity index (χ1) is 8.47. The van der Waals surface area contributed by atoms with E-state index in [-0.39, 0.29) is 0 Å². The maximum atomic E-state index is 11.6. The lowest BCUT2D eigenvalue weighted by Crippen LogP contribution is -2.28. The fourth-order valence-electron chi connectivity index (χ4n) is 1.48. The maximum absolute atomic E-state index is 11.6. The van der Waals surface area contributed by atoms with Gasteiger partial charge in [-0.3, -0.25) is 4.72 Å². The zero-order chi connectivity index (χ0) is 13.2. The smallest absolute Gasteiger partial charge is 0.301 e. The van der Waals surface area contributed by atoms with E-state index in [1.54, 1.807) is 12.1 Å². The second-order valence-electron chi connectivity index (χ2n) is 4.74. The molecule has 0 bridgehead atoms. The normalized spacial score (nSPS) is 15.9. The molecular formula is C12H19N3O2S. The summed E-state index contributed by atoms with van der Waals surface area (Å²) in [7, 11) is -0.420. The van der Waals surface area contributed by atoms with Gasteiger partial charge in [0.2, 0.25) is 0 Å². The van der Waals surface area contributed by atoms with E-state index < -0.39 is 10.2 Å². The van der Waals surface area contributed by atoms with E-state index in [0.717, 1.165) is 16.4 Å². The molecule has 2 N–H and O–H groups in total. The molecular weight excluding hydrogens is 250 g/mol. The topological polar surface area (TPSA) is 61.4 Å². The number of benzene rings is 1. The molecule has 0 atom stereocenters. The molecule has 0 spiro atoms. The quantitative estimate of drug-likeness (QED) is 0.814. The van der Waals surface area contributed by atoms with E-state index in [1.165, 1.54) is 26.9 Å². The Balaban J connectivity index is 1.94. The van der Waals surface area contributed by atoms with Gasteiger partial charge in [0, 0.05) is 32.4 Å². The first-order valence-corrected chi connectivity index (χ1v) is 7.44. The third kappa shape index (κ3) is 3.69. The van der Waals surface area contributed by atoms with Crippen LogP contribution in [0.3, 0.4) is 0 Å². The van der Waals surface area contributed by atoms with Crippen LogP contribution in [0.25, 0.3) is 0 Å². The average Bonchev–Trinajstić information content (AvgIpc) is 3.11. The van der Waals surface area contributed by atoms with E-state index in [2.05, 4.69) is 10.0 Å². The van der Waals surface area contributed by atoms with Gasteiger partial charge in [0.05, 0.1) is 0 Å². The molecule has 5 nitrogen and oxygen atoms in total. The first-order valence-electron chi connectivity index (χ1n) is 6.00. The Morgan fingerprint density at radius 1 is 1.22 bits per heavy atom. The largest absolute Gasteiger partial charge is 0.310 e. The molecule has 2 rings (SSSR count). The van der Waals surface area contributed by atoms with Crippen LogP contribution < -0.4 is 10.0 Å². The summed E-state index contributed by atoms with van der Waals surface area (Å²) in [6.45, 7) is 0.839. The highest BCUT2D eigenvalue weighted by Crippen LogP contribution is 2.19. The fraction of sp³-hybridized carbons (Fsp3) is 0.500. The van der Waals surface area contributed by atoms with Crippen LogP contribution in [0.1, 0.15) is 18.4 Å². The van der Waals surface area contributed by atoms with Crippen LogP contribution in [-0.4, -0.2) is 32.9 Å². The fourth-order valence-corrected chi connectivity index (χ4v) is 2.10. The Labute approximate surface area is 108 Å². The van der Waals surface area contributed by atoms with Crippen molar-refractivity contribution in [2.24, 2.45) is 0 Å². The summed E-state index contributed by atoms with van der Waals surface area (Å²) in [5, 5.41) is 3.41. The third-order valence-corrected chi connectivity index (χ3v) is 4.31. The van der Waals surface area contributed by atoms with Gasteiger partial charge < -0.3 is 5.32 Å². The van der Waals surface area contributed by atoms with Crippen LogP contribution >= 0.6 is 0 Å². The number of rotatable bonds is 6. The molecule has 18 heavy (non-hydrogen) atoms. The van der Waals surface area contributed by atoms with Crippen molar-refractivity contribution < 1.29 is 8.42 Å². The van der Waals surface area contributed by atoms with Crippen molar-refractivity contribution in [2.45, 2.75) is 25.4 Å². The predicted octanol–water partition coefficient (Wildman–Crippen LogP) is 1.16. The Hall–Kier alpha value is -1.11. The van der Waals surface area contributed by atoms with Gasteiger partial charge in [0.25, 0.3) is 0 Å². The standard InChI is InChI=1S/C12H19N3O2S/c1-15(2)18(16,17)14-12-5-3-10(4-6-12)9-13-11-7-8-11/h3-6,11,13-14H,7-9H2,1-2H3. The third-order valence-electron chi connectivity index (χ3n) is 2.85. The molecule has 1 saturated carbocycles. The van der Waals surface area contributed by atoms with Gasteiger partial charge in [-0.25, -0.2) is 0 Å². The molecule has 100 valence electrons. The number of hydrogen-bond donors (Lipinski definition) is 2. The second-order valence-corrected chi connectivity index (χ2v) is 6.63. The summed E-state index contributed by atoms with van der Waals surface area (Å²) in [4.78, 5) is 0. The van der Waals surface area contributed by atoms with Crippen LogP contribution in [0.2, 0.25) is 0 Å². The van der Waals surface area contributed by atoms with Gasteiger partial charge in [-0.2, -0.15) is 12.7 Å². The second kappa shape index (κ2) is 5.26. The summed E-state index contributed by atoms with van der Waals surface area (Å²) in [6, 6.07) is 8.11. The summed E-state index contributed by atoms with van der Waals surface area (Å²) in [5.41, 5.74) is 1.74. The minimum absolute atomic E-state index is 0.582. The molecule has 1 aromatic rings. The molecule has 0 radical (unpaired) electrons. The lowest BCUT2D eigenvalue weighted by Gasteiger charge is -2.13. The van der Waals surface area contributed by atoms with Crippen molar-refractivity contribution in [3.8, 4) is 0 Å². The van der Waals surface area contributed by atoms with Gasteiger partial charge in [0.15, 0.2) is 0 Å². The molecule has 0 heterocycles. The number of nitrogens with one attached hydrogen (secondary N) is 2. The summed E-state index contributed by atoms with van der Waals surface area (Å²) >= 11 is 0. The van der Waals surface area contributed by atoms with Crippen molar-refractivity contribution in [3.63, 3.8) is 0 Å². The van der Waals surface area contributed by atoms with Crippen LogP contribution in [0, 0.1) is 0 Å². The highest BCUT2D eigenvalue weighted by molar-refractivity contribution is 7.90. The molecule has 1 aliphatic carbocycles. The minimum Gasteiger partial charge on any atom is -0.310 e. The molecule has 0 aliphatic heterocycles. The highest BCUT2D eigenvalue weighted by Gasteiger charge is 2.19. The van der Waals surface area contributed by atoms with Gasteiger partial charge in [-0.05, 0) is 30.5 Å². The molecule has 6 heteroatoms. The average molecular weight is 269 g/mol. The van der Waals surface area contributed by atoms with Crippen LogP contribution in [0.15, 0.2) is 24.3 Å². The van der Waals surface area contributed by atoms with Crippen molar-refractivity contribution in [1.82, 2.24) is 9.62 Å². The van der Waals surface area contributed by atoms with Crippen LogP contribution in [0.5, 0.6) is 0 Å². The van der Waals surface area contributed by atoms with Crippen LogP contribution in [0.4, 0.5) is 5.69 Å². The van der Waals surface area contributed by atoms with Gasteiger partial charge in [-0.1, -0.05) is 12.1 Å². The summed E-state index contributed by atoms with van der Waals surface area (Å²) in [5.74, 6) is 0. The molecule has 0 saturated heterocycles. The Kier molecular flexibility index (Phi) is 3.89. The Morgan fingerprint density at radius 3 is 2.33 bits per heavy atom. The van der Waals surface area contributed by atoms with Crippen molar-refractivity contribution in [3.05, 3.63) is 29.8 Å². The van der Waals surface area contributed by atoms with Crippen LogP contribution in [-0.2, 0) is 16.8 Å².